The molecule has 5 rings (SSSR count). The standard InChI is InChI=1S/C22H23NO4S/c24-21(23-12-16-11-14-5-7-15(16)8-6-14)18-3-1-2-4-20(18)28-13-19-17(22(25)26)9-10-27-19/h1-5,7,9-10,14-16H,6,8,11-13H2,(H,23,24)(H,25,26). The van der Waals surface area contributed by atoms with E-state index in [1.807, 2.05) is 24.3 Å². The van der Waals surface area contributed by atoms with Gasteiger partial charge in [0, 0.05) is 11.4 Å². The molecule has 5 nitrogen and oxygen atoms in total. The summed E-state index contributed by atoms with van der Waals surface area (Å²) in [5.74, 6) is 1.45. The lowest BCUT2D eigenvalue weighted by atomic mass is 9.69. The van der Waals surface area contributed by atoms with Gasteiger partial charge in [0.25, 0.3) is 5.91 Å². The van der Waals surface area contributed by atoms with Gasteiger partial charge in [-0.05, 0) is 55.2 Å². The van der Waals surface area contributed by atoms with E-state index < -0.39 is 5.97 Å². The first-order valence-corrected chi connectivity index (χ1v) is 10.6. The third kappa shape index (κ3) is 4.02. The molecule has 2 aromatic rings. The second-order valence-corrected chi connectivity index (χ2v) is 8.46. The molecule has 1 heterocycles. The van der Waals surface area contributed by atoms with E-state index >= 15 is 0 Å². The van der Waals surface area contributed by atoms with Crippen LogP contribution in [0.2, 0.25) is 0 Å². The molecule has 6 heteroatoms. The van der Waals surface area contributed by atoms with E-state index in [4.69, 9.17) is 4.42 Å². The quantitative estimate of drug-likeness (QED) is 0.527. The minimum atomic E-state index is -1.01. The highest BCUT2D eigenvalue weighted by Crippen LogP contribution is 2.40. The molecule has 146 valence electrons. The minimum Gasteiger partial charge on any atom is -0.478 e. The van der Waals surface area contributed by atoms with Crippen molar-refractivity contribution in [1.29, 1.82) is 0 Å². The molecule has 3 aliphatic carbocycles. The lowest BCUT2D eigenvalue weighted by Crippen LogP contribution is -2.37. The average Bonchev–Trinajstić information content (AvgIpc) is 3.20. The highest BCUT2D eigenvalue weighted by atomic mass is 32.2. The molecule has 1 aromatic carbocycles. The smallest absolute Gasteiger partial charge is 0.339 e. The molecule has 3 unspecified atom stereocenters. The van der Waals surface area contributed by atoms with Gasteiger partial charge in [0.2, 0.25) is 0 Å². The summed E-state index contributed by atoms with van der Waals surface area (Å²) in [4.78, 5) is 24.8. The van der Waals surface area contributed by atoms with E-state index in [9.17, 15) is 14.7 Å². The summed E-state index contributed by atoms with van der Waals surface area (Å²) in [7, 11) is 0. The number of carbonyl (C=O) groups is 2. The number of carboxylic acids is 1. The first-order chi connectivity index (χ1) is 13.6. The van der Waals surface area contributed by atoms with E-state index in [0.29, 0.717) is 41.4 Å². The summed E-state index contributed by atoms with van der Waals surface area (Å²) in [5, 5.41) is 12.3. The third-order valence-corrected chi connectivity index (χ3v) is 6.78. The van der Waals surface area contributed by atoms with Gasteiger partial charge in [0.15, 0.2) is 0 Å². The fourth-order valence-corrected chi connectivity index (χ4v) is 5.17. The number of amides is 1. The lowest BCUT2D eigenvalue weighted by Gasteiger charge is -2.38. The fraction of sp³-hybridized carbons (Fsp3) is 0.364. The number of hydrogen-bond donors (Lipinski definition) is 2. The molecule has 0 saturated heterocycles. The van der Waals surface area contributed by atoms with Gasteiger partial charge in [0.05, 0.1) is 17.6 Å². The van der Waals surface area contributed by atoms with Gasteiger partial charge >= 0.3 is 5.97 Å². The Morgan fingerprint density at radius 2 is 2.00 bits per heavy atom. The van der Waals surface area contributed by atoms with Crippen LogP contribution >= 0.6 is 11.8 Å². The minimum absolute atomic E-state index is 0.0774. The molecule has 0 radical (unpaired) electrons. The second kappa shape index (κ2) is 8.27. The Labute approximate surface area is 168 Å². The number of carboxylic acid groups (broad SMARTS) is 1. The zero-order chi connectivity index (χ0) is 19.5. The Hall–Kier alpha value is -2.47. The number of carbonyl (C=O) groups excluding carboxylic acids is 1. The van der Waals surface area contributed by atoms with E-state index in [1.165, 1.54) is 36.9 Å². The molecule has 3 atom stereocenters. The summed E-state index contributed by atoms with van der Waals surface area (Å²) >= 11 is 1.41. The van der Waals surface area contributed by atoms with Gasteiger partial charge in [-0.25, -0.2) is 4.79 Å². The van der Waals surface area contributed by atoms with Crippen LogP contribution in [0.15, 0.2) is 58.1 Å². The van der Waals surface area contributed by atoms with Crippen molar-refractivity contribution in [3.63, 3.8) is 0 Å². The van der Waals surface area contributed by atoms with Crippen LogP contribution in [0.1, 0.15) is 45.7 Å². The van der Waals surface area contributed by atoms with Crippen molar-refractivity contribution in [2.24, 2.45) is 17.8 Å². The predicted octanol–water partition coefficient (Wildman–Crippen LogP) is 4.60. The van der Waals surface area contributed by atoms with E-state index in [1.54, 1.807) is 0 Å². The zero-order valence-corrected chi connectivity index (χ0v) is 16.3. The number of furan rings is 1. The molecule has 1 saturated carbocycles. The summed E-state index contributed by atoms with van der Waals surface area (Å²) in [6.07, 6.45) is 9.69. The van der Waals surface area contributed by atoms with Gasteiger partial charge in [-0.1, -0.05) is 24.3 Å². The van der Waals surface area contributed by atoms with Crippen molar-refractivity contribution in [3.8, 4) is 0 Å². The van der Waals surface area contributed by atoms with Gasteiger partial charge in [-0.3, -0.25) is 4.79 Å². The van der Waals surface area contributed by atoms with Crippen molar-refractivity contribution < 1.29 is 19.1 Å². The van der Waals surface area contributed by atoms with E-state index in [-0.39, 0.29) is 11.5 Å². The lowest BCUT2D eigenvalue weighted by molar-refractivity contribution is 0.0694. The SMILES string of the molecule is O=C(NCC1CC2C=CC1CC2)c1ccccc1SCc1occc1C(=O)O. The summed E-state index contributed by atoms with van der Waals surface area (Å²) in [6, 6.07) is 8.87. The largest absolute Gasteiger partial charge is 0.478 e. The van der Waals surface area contributed by atoms with Crippen LogP contribution in [0.3, 0.4) is 0 Å². The highest BCUT2D eigenvalue weighted by molar-refractivity contribution is 7.98. The maximum atomic E-state index is 12.8. The van der Waals surface area contributed by atoms with Crippen LogP contribution in [0.25, 0.3) is 0 Å². The monoisotopic (exact) mass is 397 g/mol. The van der Waals surface area contributed by atoms with Crippen molar-refractivity contribution >= 4 is 23.6 Å². The Kier molecular flexibility index (Phi) is 5.57. The van der Waals surface area contributed by atoms with E-state index in [2.05, 4.69) is 17.5 Å². The normalized spacial score (nSPS) is 22.9. The number of allylic oxidation sites excluding steroid dienone is 2. The molecule has 2 N–H and O–H groups in total. The Morgan fingerprint density at radius 1 is 1.14 bits per heavy atom. The van der Waals surface area contributed by atoms with Crippen LogP contribution in [0.5, 0.6) is 0 Å². The number of thioether (sulfide) groups is 1. The van der Waals surface area contributed by atoms with Crippen LogP contribution in [0.4, 0.5) is 0 Å². The average molecular weight is 397 g/mol. The zero-order valence-electron chi connectivity index (χ0n) is 15.5. The Bertz CT molecular complexity index is 903. The van der Waals surface area contributed by atoms with Crippen molar-refractivity contribution in [2.45, 2.75) is 29.9 Å². The van der Waals surface area contributed by atoms with Crippen molar-refractivity contribution in [2.75, 3.05) is 6.54 Å². The summed E-state index contributed by atoms with van der Waals surface area (Å²) in [5.41, 5.74) is 0.780. The fourth-order valence-electron chi connectivity index (χ4n) is 4.17. The number of rotatable bonds is 7. The molecule has 1 amide bonds. The first-order valence-electron chi connectivity index (χ1n) is 9.60. The van der Waals surface area contributed by atoms with Gasteiger partial charge in [0.1, 0.15) is 11.3 Å². The maximum Gasteiger partial charge on any atom is 0.339 e. The first kappa shape index (κ1) is 18.9. The van der Waals surface area contributed by atoms with Crippen LogP contribution < -0.4 is 5.32 Å². The molecule has 2 bridgehead atoms. The van der Waals surface area contributed by atoms with Gasteiger partial charge < -0.3 is 14.8 Å². The predicted molar refractivity (Wildman–Crippen MR) is 107 cm³/mol. The second-order valence-electron chi connectivity index (χ2n) is 7.44. The van der Waals surface area contributed by atoms with Gasteiger partial charge in [-0.15, -0.1) is 11.8 Å². The molecular weight excluding hydrogens is 374 g/mol. The molecule has 0 spiro atoms. The molecule has 1 fully saturated rings. The highest BCUT2D eigenvalue weighted by Gasteiger charge is 2.32. The van der Waals surface area contributed by atoms with Crippen molar-refractivity contribution in [3.05, 3.63) is 65.6 Å². The summed E-state index contributed by atoms with van der Waals surface area (Å²) < 4.78 is 5.29. The Balaban J connectivity index is 1.39. The van der Waals surface area contributed by atoms with Gasteiger partial charge in [-0.2, -0.15) is 0 Å². The molecule has 3 aliphatic rings. The number of fused-ring (bicyclic) bond motifs is 2. The number of nitrogens with one attached hydrogen (secondary N) is 1. The maximum absolute atomic E-state index is 12.8. The topological polar surface area (TPSA) is 79.5 Å². The summed E-state index contributed by atoms with van der Waals surface area (Å²) in [6.45, 7) is 0.699. The van der Waals surface area contributed by atoms with E-state index in [0.717, 1.165) is 11.3 Å². The molecule has 1 aromatic heterocycles. The number of benzene rings is 1. The van der Waals surface area contributed by atoms with Crippen LogP contribution in [-0.4, -0.2) is 23.5 Å². The van der Waals surface area contributed by atoms with Crippen molar-refractivity contribution in [1.82, 2.24) is 5.32 Å². The molecule has 0 aliphatic heterocycles. The van der Waals surface area contributed by atoms with Crippen LogP contribution in [-0.2, 0) is 5.75 Å². The van der Waals surface area contributed by atoms with Crippen LogP contribution in [0, 0.1) is 17.8 Å². The third-order valence-electron chi connectivity index (χ3n) is 5.70. The molecule has 28 heavy (non-hydrogen) atoms. The molecular formula is C22H23NO4S. The Morgan fingerprint density at radius 3 is 2.71 bits per heavy atom. The number of aromatic carboxylic acids is 1. The number of hydrogen-bond acceptors (Lipinski definition) is 4.